The van der Waals surface area contributed by atoms with Gasteiger partial charge in [0.15, 0.2) is 0 Å². The van der Waals surface area contributed by atoms with E-state index in [2.05, 4.69) is 0 Å². The average molecular weight is 197 g/mol. The van der Waals surface area contributed by atoms with Crippen molar-refractivity contribution < 1.29 is 19.1 Å². The van der Waals surface area contributed by atoms with Crippen molar-refractivity contribution >= 4 is 12.0 Å². The molecular weight excluding hydrogens is 186 g/mol. The van der Waals surface area contributed by atoms with Crippen molar-refractivity contribution in [2.24, 2.45) is 0 Å². The van der Waals surface area contributed by atoms with Crippen molar-refractivity contribution in [2.45, 2.75) is 13.8 Å². The first-order chi connectivity index (χ1) is 6.43. The van der Waals surface area contributed by atoms with E-state index in [1.807, 2.05) is 0 Å². The number of aryl methyl sites for hydroxylation is 2. The second kappa shape index (κ2) is 3.53. The molecule has 0 unspecified atom stereocenters. The number of furan rings is 1. The van der Waals surface area contributed by atoms with Gasteiger partial charge in [0, 0.05) is 7.05 Å². The van der Waals surface area contributed by atoms with E-state index in [1.54, 1.807) is 13.8 Å². The largest absolute Gasteiger partial charge is 0.466 e. The predicted octanol–water partition coefficient (Wildman–Crippen LogP) is 1.65. The van der Waals surface area contributed by atoms with E-state index in [0.717, 1.165) is 0 Å². The van der Waals surface area contributed by atoms with Gasteiger partial charge in [-0.25, -0.2) is 9.69 Å². The van der Waals surface area contributed by atoms with Gasteiger partial charge in [0.2, 0.25) is 0 Å². The number of amides is 2. The molecule has 0 aromatic carbocycles. The van der Waals surface area contributed by atoms with Crippen LogP contribution in [0.2, 0.25) is 0 Å². The average Bonchev–Trinajstić information content (AvgIpc) is 2.42. The molecule has 0 aliphatic carbocycles. The number of imide groups is 1. The van der Waals surface area contributed by atoms with Crippen LogP contribution in [-0.2, 0) is 0 Å². The number of hydrogen-bond acceptors (Lipinski definition) is 3. The summed E-state index contributed by atoms with van der Waals surface area (Å²) in [4.78, 5) is 22.6. The van der Waals surface area contributed by atoms with Crippen LogP contribution in [0, 0.1) is 13.8 Å². The Hall–Kier alpha value is -1.78. The van der Waals surface area contributed by atoms with Gasteiger partial charge >= 0.3 is 6.09 Å². The topological polar surface area (TPSA) is 70.8 Å². The van der Waals surface area contributed by atoms with E-state index in [-0.39, 0.29) is 5.56 Å². The molecule has 5 nitrogen and oxygen atoms in total. The van der Waals surface area contributed by atoms with Gasteiger partial charge in [-0.05, 0) is 19.9 Å². The number of carbonyl (C=O) groups is 2. The number of hydrogen-bond donors (Lipinski definition) is 1. The third-order valence-electron chi connectivity index (χ3n) is 1.86. The highest BCUT2D eigenvalue weighted by Gasteiger charge is 2.21. The second-order valence-corrected chi connectivity index (χ2v) is 2.97. The molecule has 0 bridgehead atoms. The highest BCUT2D eigenvalue weighted by molar-refractivity contribution is 6.02. The lowest BCUT2D eigenvalue weighted by atomic mass is 10.2. The molecule has 14 heavy (non-hydrogen) atoms. The molecule has 76 valence electrons. The summed E-state index contributed by atoms with van der Waals surface area (Å²) in [6.45, 7) is 3.32. The fourth-order valence-corrected chi connectivity index (χ4v) is 1.11. The molecule has 0 spiro atoms. The van der Waals surface area contributed by atoms with Crippen LogP contribution in [0.3, 0.4) is 0 Å². The van der Waals surface area contributed by atoms with E-state index < -0.39 is 12.0 Å². The number of nitrogens with zero attached hydrogens (tertiary/aromatic N) is 1. The molecule has 1 N–H and O–H groups in total. The Labute approximate surface area is 80.9 Å². The minimum atomic E-state index is -1.28. The van der Waals surface area contributed by atoms with Crippen LogP contribution in [-0.4, -0.2) is 29.1 Å². The quantitative estimate of drug-likeness (QED) is 0.742. The minimum Gasteiger partial charge on any atom is -0.466 e. The second-order valence-electron chi connectivity index (χ2n) is 2.97. The van der Waals surface area contributed by atoms with Crippen molar-refractivity contribution in [3.63, 3.8) is 0 Å². The Morgan fingerprint density at radius 2 is 2.00 bits per heavy atom. The molecule has 0 radical (unpaired) electrons. The van der Waals surface area contributed by atoms with Crippen LogP contribution in [0.4, 0.5) is 4.79 Å². The monoisotopic (exact) mass is 197 g/mol. The fourth-order valence-electron chi connectivity index (χ4n) is 1.11. The van der Waals surface area contributed by atoms with Crippen molar-refractivity contribution in [1.29, 1.82) is 0 Å². The fraction of sp³-hybridized carbons (Fsp3) is 0.333. The van der Waals surface area contributed by atoms with Crippen molar-refractivity contribution in [3.8, 4) is 0 Å². The molecule has 1 rings (SSSR count). The van der Waals surface area contributed by atoms with Gasteiger partial charge < -0.3 is 9.52 Å². The standard InChI is InChI=1S/C9H11NO4/c1-5-4-7(6(2)14-5)8(11)10(3)9(12)13/h4H,1-3H3,(H,12,13). The Kier molecular flexibility index (Phi) is 2.60. The van der Waals surface area contributed by atoms with Crippen LogP contribution in [0.25, 0.3) is 0 Å². The summed E-state index contributed by atoms with van der Waals surface area (Å²) < 4.78 is 5.13. The normalized spacial score (nSPS) is 9.93. The maximum atomic E-state index is 11.5. The van der Waals surface area contributed by atoms with E-state index in [1.165, 1.54) is 13.1 Å². The lowest BCUT2D eigenvalue weighted by Gasteiger charge is -2.09. The Balaban J connectivity index is 3.00. The third kappa shape index (κ3) is 1.76. The Bertz CT molecular complexity index is 380. The van der Waals surface area contributed by atoms with E-state index >= 15 is 0 Å². The zero-order chi connectivity index (χ0) is 10.9. The van der Waals surface area contributed by atoms with E-state index in [9.17, 15) is 9.59 Å². The predicted molar refractivity (Wildman–Crippen MR) is 48.3 cm³/mol. The number of rotatable bonds is 1. The molecule has 0 fully saturated rings. The van der Waals surface area contributed by atoms with E-state index in [4.69, 9.17) is 9.52 Å². The molecule has 1 heterocycles. The SMILES string of the molecule is Cc1cc(C(=O)N(C)C(=O)O)c(C)o1. The van der Waals surface area contributed by atoms with Crippen LogP contribution < -0.4 is 0 Å². The molecule has 0 saturated carbocycles. The summed E-state index contributed by atoms with van der Waals surface area (Å²) in [5, 5.41) is 8.59. The smallest absolute Gasteiger partial charge is 0.414 e. The molecule has 1 aromatic rings. The summed E-state index contributed by atoms with van der Waals surface area (Å²) in [6, 6.07) is 1.52. The maximum Gasteiger partial charge on any atom is 0.414 e. The summed E-state index contributed by atoms with van der Waals surface area (Å²) >= 11 is 0. The van der Waals surface area contributed by atoms with Gasteiger partial charge in [-0.2, -0.15) is 0 Å². The summed E-state index contributed by atoms with van der Waals surface area (Å²) in [6.07, 6.45) is -1.28. The molecule has 0 aliphatic heterocycles. The summed E-state index contributed by atoms with van der Waals surface area (Å²) in [5.74, 6) is 0.442. The van der Waals surface area contributed by atoms with Crippen LogP contribution in [0.5, 0.6) is 0 Å². The van der Waals surface area contributed by atoms with Crippen LogP contribution in [0.15, 0.2) is 10.5 Å². The van der Waals surface area contributed by atoms with Crippen molar-refractivity contribution in [3.05, 3.63) is 23.2 Å². The van der Waals surface area contributed by atoms with E-state index in [0.29, 0.717) is 16.4 Å². The lowest BCUT2D eigenvalue weighted by Crippen LogP contribution is -2.31. The molecule has 1 aromatic heterocycles. The molecule has 0 atom stereocenters. The first-order valence-corrected chi connectivity index (χ1v) is 4.01. The van der Waals surface area contributed by atoms with Gasteiger partial charge in [-0.3, -0.25) is 4.79 Å². The lowest BCUT2D eigenvalue weighted by molar-refractivity contribution is 0.0780. The van der Waals surface area contributed by atoms with Crippen LogP contribution in [0.1, 0.15) is 21.9 Å². The van der Waals surface area contributed by atoms with Gasteiger partial charge in [0.25, 0.3) is 5.91 Å². The number of carbonyl (C=O) groups excluding carboxylic acids is 1. The maximum absolute atomic E-state index is 11.5. The molecule has 5 heteroatoms. The Morgan fingerprint density at radius 3 is 2.36 bits per heavy atom. The van der Waals surface area contributed by atoms with Crippen LogP contribution >= 0.6 is 0 Å². The molecule has 0 saturated heterocycles. The first-order valence-electron chi connectivity index (χ1n) is 4.01. The zero-order valence-electron chi connectivity index (χ0n) is 8.20. The first kappa shape index (κ1) is 10.3. The van der Waals surface area contributed by atoms with Gasteiger partial charge in [-0.1, -0.05) is 0 Å². The highest BCUT2D eigenvalue weighted by Crippen LogP contribution is 2.15. The highest BCUT2D eigenvalue weighted by atomic mass is 16.4. The molecular formula is C9H11NO4. The van der Waals surface area contributed by atoms with Crippen molar-refractivity contribution in [1.82, 2.24) is 4.90 Å². The summed E-state index contributed by atoms with van der Waals surface area (Å²) in [5.41, 5.74) is 0.285. The molecule has 2 amide bonds. The van der Waals surface area contributed by atoms with Crippen molar-refractivity contribution in [2.75, 3.05) is 7.05 Å². The van der Waals surface area contributed by atoms with Gasteiger partial charge in [0.1, 0.15) is 11.5 Å². The molecule has 0 aliphatic rings. The van der Waals surface area contributed by atoms with Gasteiger partial charge in [-0.15, -0.1) is 0 Å². The minimum absolute atomic E-state index is 0.285. The number of carboxylic acid groups (broad SMARTS) is 1. The van der Waals surface area contributed by atoms with Gasteiger partial charge in [0.05, 0.1) is 5.56 Å². The summed E-state index contributed by atoms with van der Waals surface area (Å²) in [7, 11) is 1.20. The third-order valence-corrected chi connectivity index (χ3v) is 1.86. The Morgan fingerprint density at radius 1 is 1.43 bits per heavy atom. The zero-order valence-corrected chi connectivity index (χ0v) is 8.20.